The molecule has 3 saturated carbocycles. The molecule has 4 N–H and O–H groups in total. The Bertz CT molecular complexity index is 3460. The standard InChI is InChI=1S/C28H42O6.C28H40O5.C23H32O4.C7H2Cl4O.CH4O/c1-2-3-4-9-21(34-28-11-5-6-14-32-28)12-13-22-23-15-19-8-7-10-26(33-18-27(30)31)24(19)16-20(23)17-25(22)29;1-2-3-4-9-21(32-28-11-5-6-14-30-28)12-13-22-23-15-19-8-7-10-25-24(19)16-20(23)17-26(22)33-27(29)18-31-25;1-2-3-4-7-17(24)9-10-18-19-11-15-6-5-8-21-20(15)12-16(19)13-22(18)27-23(25)14-26-21;8-3-1-4(9)6(7(11)12)5(10)2-3;1-2/h7-8,10,20-23,25,28-29H,2-6,9,11-18H2,1H3,(H,30,31);7-8,10,20-23,26,28H,2-6,9,11-18H2,1H3;5-6,8,16-19,22,24H,2-4,7,9-14H2,1H3;1-2H;2H,1H3/t20-,21-,22+,23-,25+,28?;20-,21-,22+,23-,26+,28?;16-,17-,18+,19-,22+;;/m000../s1. The maximum atomic E-state index is 12.6. The number of carbonyl (C=O) groups excluding carboxylic acids is 3. The summed E-state index contributed by atoms with van der Waals surface area (Å²) in [6.45, 7) is 7.97. The van der Waals surface area contributed by atoms with Gasteiger partial charge in [-0.15, -0.1) is 0 Å². The van der Waals surface area contributed by atoms with E-state index < -0.39 is 11.2 Å². The number of carboxylic acids is 1. The fraction of sp³-hybridized carbons (Fsp3) is 0.678. The molecule has 4 heterocycles. The third kappa shape index (κ3) is 23.9. The molecule has 2 unspecified atom stereocenters. The summed E-state index contributed by atoms with van der Waals surface area (Å²) in [6.07, 6.45) is 34.8. The summed E-state index contributed by atoms with van der Waals surface area (Å²) in [5.74, 6) is 5.15. The first kappa shape index (κ1) is 85.7. The van der Waals surface area contributed by atoms with Crippen LogP contribution in [0.15, 0.2) is 66.7 Å². The number of carbonyl (C=O) groups is 4. The van der Waals surface area contributed by atoms with Crippen molar-refractivity contribution >= 4 is 69.6 Å². The number of aliphatic carboxylic acids is 1. The number of esters is 2. The lowest BCUT2D eigenvalue weighted by Gasteiger charge is -2.33. The Morgan fingerprint density at radius 2 is 0.991 bits per heavy atom. The van der Waals surface area contributed by atoms with E-state index in [-0.39, 0.29) is 102 Å². The largest absolute Gasteiger partial charge is 0.482 e. The van der Waals surface area contributed by atoms with Crippen LogP contribution in [-0.4, -0.2) is 133 Å². The summed E-state index contributed by atoms with van der Waals surface area (Å²) >= 11 is 22.1. The summed E-state index contributed by atoms with van der Waals surface area (Å²) in [6, 6.07) is 21.3. The summed E-state index contributed by atoms with van der Waals surface area (Å²) < 4.78 is 53.8. The van der Waals surface area contributed by atoms with Crippen LogP contribution in [0.2, 0.25) is 15.1 Å². The maximum absolute atomic E-state index is 12.6. The van der Waals surface area contributed by atoms with Gasteiger partial charge in [-0.1, -0.05) is 150 Å². The minimum atomic E-state index is -0.961. The van der Waals surface area contributed by atoms with Gasteiger partial charge in [0.05, 0.1) is 40.0 Å². The number of unbranched alkanes of at least 4 members (excludes halogenated alkanes) is 6. The molecule has 4 aromatic rings. The molecule has 0 amide bonds. The molecule has 17 nitrogen and oxygen atoms in total. The summed E-state index contributed by atoms with van der Waals surface area (Å²) in [4.78, 5) is 46.6. The molecular weight excluding hydrogens is 1460 g/mol. The smallest absolute Gasteiger partial charge is 0.344 e. The van der Waals surface area contributed by atoms with Gasteiger partial charge >= 0.3 is 17.9 Å². The van der Waals surface area contributed by atoms with Crippen molar-refractivity contribution in [2.24, 2.45) is 53.3 Å². The molecule has 5 fully saturated rings. The van der Waals surface area contributed by atoms with E-state index in [1.807, 2.05) is 30.3 Å². The van der Waals surface area contributed by atoms with E-state index in [4.69, 9.17) is 99.2 Å². The number of ether oxygens (including phenoxy) is 9. The lowest BCUT2D eigenvalue weighted by Crippen LogP contribution is -2.31. The Hall–Kier alpha value is -4.76. The van der Waals surface area contributed by atoms with Crippen molar-refractivity contribution in [2.75, 3.05) is 40.1 Å². The minimum absolute atomic E-state index is 0.00531. The lowest BCUT2D eigenvalue weighted by atomic mass is 9.73. The van der Waals surface area contributed by atoms with Crippen LogP contribution in [0.1, 0.15) is 238 Å². The van der Waals surface area contributed by atoms with Crippen molar-refractivity contribution < 1.29 is 82.2 Å². The molecule has 108 heavy (non-hydrogen) atoms. The van der Waals surface area contributed by atoms with Gasteiger partial charge in [0, 0.05) is 25.3 Å². The maximum Gasteiger partial charge on any atom is 0.344 e. The van der Waals surface area contributed by atoms with Crippen LogP contribution in [0.25, 0.3) is 0 Å². The number of hydrogen-bond donors (Lipinski definition) is 4. The summed E-state index contributed by atoms with van der Waals surface area (Å²) in [7, 11) is 1.00. The number of rotatable bonds is 29. The number of aliphatic hydroxyl groups is 3. The number of carboxylic acid groups (broad SMARTS) is 1. The van der Waals surface area contributed by atoms with E-state index >= 15 is 0 Å². The highest BCUT2D eigenvalue weighted by Gasteiger charge is 2.50. The molecule has 0 spiro atoms. The molecule has 10 aliphatic rings. The minimum Gasteiger partial charge on any atom is -0.482 e. The van der Waals surface area contributed by atoms with Crippen LogP contribution in [0.4, 0.5) is 0 Å². The van der Waals surface area contributed by atoms with Crippen molar-refractivity contribution in [1.29, 1.82) is 0 Å². The Morgan fingerprint density at radius 1 is 0.546 bits per heavy atom. The van der Waals surface area contributed by atoms with E-state index in [0.717, 1.165) is 185 Å². The SMILES string of the molecule is CCCCC[C@@H](CC[C@@H]1[C@H]2Cc3cccc(OCC(=O)O)c3C[C@H]2C[C@H]1O)OC1CCCCO1.CCCCC[C@@H](CC[C@@H]1[C@H]2Cc3cccc4c3C[C@H]2C[C@H]1OC(=O)CO4)OC1CCCCO1.CCCCC[C@H](O)CC[C@@H]1[C@H]2Cc3cccc4c3C[C@H]2C[C@H]1OC(=O)CO4.CO.O=C(Cl)c1c(Cl)cc(Cl)cc1Cl. The number of benzene rings is 4. The number of fused-ring (bicyclic) bond motifs is 4. The van der Waals surface area contributed by atoms with Gasteiger partial charge in [-0.05, 0) is 283 Å². The third-order valence-corrected chi connectivity index (χ3v) is 25.6. The molecule has 21 heteroatoms. The zero-order valence-electron chi connectivity index (χ0n) is 64.1. The van der Waals surface area contributed by atoms with Crippen LogP contribution in [0, 0.1) is 53.3 Å². The monoisotopic (exact) mass is 1580 g/mol. The molecule has 598 valence electrons. The molecule has 0 aromatic heterocycles. The molecule has 6 bridgehead atoms. The van der Waals surface area contributed by atoms with E-state index in [1.165, 1.54) is 104 Å². The highest BCUT2D eigenvalue weighted by molar-refractivity contribution is 6.70. The summed E-state index contributed by atoms with van der Waals surface area (Å²) in [5.41, 5.74) is 7.86. The van der Waals surface area contributed by atoms with E-state index in [0.29, 0.717) is 58.1 Å². The van der Waals surface area contributed by atoms with Crippen molar-refractivity contribution in [3.05, 3.63) is 121 Å². The van der Waals surface area contributed by atoms with Gasteiger partial charge < -0.3 is 63.1 Å². The summed E-state index contributed by atoms with van der Waals surface area (Å²) in [5, 5.41) is 37.4. The van der Waals surface area contributed by atoms with E-state index in [1.54, 1.807) is 0 Å². The highest BCUT2D eigenvalue weighted by Crippen LogP contribution is 2.53. The van der Waals surface area contributed by atoms with Crippen LogP contribution in [0.3, 0.4) is 0 Å². The molecule has 4 aromatic carbocycles. The molecule has 14 rings (SSSR count). The van der Waals surface area contributed by atoms with Crippen LogP contribution in [-0.2, 0) is 81.3 Å². The Kier molecular flexibility index (Phi) is 34.5. The van der Waals surface area contributed by atoms with Gasteiger partial charge in [0.15, 0.2) is 32.4 Å². The van der Waals surface area contributed by atoms with Crippen LogP contribution in [0.5, 0.6) is 17.2 Å². The molecule has 2 saturated heterocycles. The number of halogens is 4. The van der Waals surface area contributed by atoms with Crippen molar-refractivity contribution in [3.8, 4) is 17.2 Å². The Morgan fingerprint density at radius 3 is 1.46 bits per heavy atom. The normalized spacial score (nSPS) is 27.5. The zero-order valence-corrected chi connectivity index (χ0v) is 67.2. The average molecular weight is 1580 g/mol. The topological polar surface area (TPSA) is 232 Å². The van der Waals surface area contributed by atoms with E-state index in [9.17, 15) is 29.4 Å². The van der Waals surface area contributed by atoms with Crippen molar-refractivity contribution in [1.82, 2.24) is 0 Å². The molecule has 17 atom stereocenters. The first-order valence-corrected chi connectivity index (χ1v) is 42.5. The Balaban J connectivity index is 0.000000159. The van der Waals surface area contributed by atoms with E-state index in [2.05, 4.69) is 45.0 Å². The zero-order chi connectivity index (χ0) is 76.6. The first-order valence-electron chi connectivity index (χ1n) is 40.9. The second kappa shape index (κ2) is 43.5. The molecule has 6 aliphatic carbocycles. The van der Waals surface area contributed by atoms with Gasteiger partial charge in [-0.3, -0.25) is 4.79 Å². The van der Waals surface area contributed by atoms with Gasteiger partial charge in [0.25, 0.3) is 5.24 Å². The van der Waals surface area contributed by atoms with Gasteiger partial charge in [0.2, 0.25) is 0 Å². The quantitative estimate of drug-likeness (QED) is 0.0225. The van der Waals surface area contributed by atoms with Crippen LogP contribution < -0.4 is 14.2 Å². The lowest BCUT2D eigenvalue weighted by molar-refractivity contribution is -0.192. The van der Waals surface area contributed by atoms with Gasteiger partial charge in [-0.2, -0.15) is 0 Å². The molecular formula is C87H120Cl4O17. The number of aliphatic hydroxyl groups excluding tert-OH is 3. The fourth-order valence-corrected chi connectivity index (χ4v) is 20.7. The third-order valence-electron chi connectivity index (χ3n) is 24.6. The van der Waals surface area contributed by atoms with Crippen molar-refractivity contribution in [2.45, 2.75) is 282 Å². The Labute approximate surface area is 661 Å². The predicted octanol–water partition coefficient (Wildman–Crippen LogP) is 18.4. The predicted molar refractivity (Wildman–Crippen MR) is 420 cm³/mol. The molecule has 4 aliphatic heterocycles. The van der Waals surface area contributed by atoms with Crippen molar-refractivity contribution in [3.63, 3.8) is 0 Å². The second-order valence-corrected chi connectivity index (χ2v) is 33.4. The van der Waals surface area contributed by atoms with Gasteiger partial charge in [0.1, 0.15) is 29.5 Å². The second-order valence-electron chi connectivity index (χ2n) is 31.8. The first-order chi connectivity index (χ1) is 52.4. The number of hydrogen-bond acceptors (Lipinski definition) is 16. The molecule has 0 radical (unpaired) electrons. The fourth-order valence-electron chi connectivity index (χ4n) is 19.4. The highest BCUT2D eigenvalue weighted by atomic mass is 35.5. The average Bonchev–Trinajstić information content (AvgIpc) is 1.61. The van der Waals surface area contributed by atoms with Crippen LogP contribution >= 0.6 is 46.4 Å². The van der Waals surface area contributed by atoms with Gasteiger partial charge in [-0.25, -0.2) is 14.4 Å².